The maximum absolute atomic E-state index is 12.8. The highest BCUT2D eigenvalue weighted by Crippen LogP contribution is 2.22. The summed E-state index contributed by atoms with van der Waals surface area (Å²) in [5.74, 6) is 1.18. The molecule has 0 radical (unpaired) electrons. The molecule has 0 aromatic heterocycles. The molecule has 3 amide bonds. The minimum Gasteiger partial charge on any atom is -0.464 e. The molecule has 0 aromatic rings. The van der Waals surface area contributed by atoms with Crippen LogP contribution in [0.3, 0.4) is 0 Å². The maximum Gasteiger partial charge on any atom is 0.410 e. The molecule has 9 nitrogen and oxygen atoms in total. The van der Waals surface area contributed by atoms with Gasteiger partial charge in [0.05, 0.1) is 12.5 Å². The van der Waals surface area contributed by atoms with Crippen LogP contribution in [0.15, 0.2) is 11.6 Å². The van der Waals surface area contributed by atoms with E-state index in [2.05, 4.69) is 11.2 Å². The number of ether oxygens (including phenoxy) is 2. The monoisotopic (exact) mass is 489 g/mol. The Balaban J connectivity index is 1.82. The Bertz CT molecular complexity index is 854. The number of rotatable bonds is 8. The van der Waals surface area contributed by atoms with Crippen LogP contribution in [-0.2, 0) is 23.9 Å². The van der Waals surface area contributed by atoms with E-state index in [1.165, 1.54) is 0 Å². The van der Waals surface area contributed by atoms with E-state index >= 15 is 0 Å². The minimum absolute atomic E-state index is 0.00328. The third-order valence-electron chi connectivity index (χ3n) is 5.97. The first-order chi connectivity index (χ1) is 16.5. The molecule has 0 saturated carbocycles. The lowest BCUT2D eigenvalue weighted by Crippen LogP contribution is -2.49. The van der Waals surface area contributed by atoms with Crippen LogP contribution in [0.5, 0.6) is 0 Å². The fraction of sp³-hybridized carbons (Fsp3) is 0.692. The molecule has 0 aliphatic carbocycles. The molecule has 2 atom stereocenters. The number of carbonyl (C=O) groups is 4. The minimum atomic E-state index is -0.878. The van der Waals surface area contributed by atoms with E-state index in [0.717, 1.165) is 12.0 Å². The number of amides is 3. The van der Waals surface area contributed by atoms with E-state index in [1.54, 1.807) is 16.7 Å². The molecule has 35 heavy (non-hydrogen) atoms. The molecule has 0 bridgehead atoms. The summed E-state index contributed by atoms with van der Waals surface area (Å²) in [6, 6.07) is -0.878. The summed E-state index contributed by atoms with van der Waals surface area (Å²) in [5, 5.41) is 2.70. The Morgan fingerprint density at radius 2 is 1.97 bits per heavy atom. The number of nitrogens with zero attached hydrogens (tertiary/aromatic N) is 2. The molecule has 1 fully saturated rings. The fourth-order valence-corrected chi connectivity index (χ4v) is 4.12. The van der Waals surface area contributed by atoms with Crippen LogP contribution in [-0.4, -0.2) is 78.1 Å². The molecule has 9 heteroatoms. The summed E-state index contributed by atoms with van der Waals surface area (Å²) in [4.78, 5) is 53.2. The molecule has 0 spiro atoms. The predicted molar refractivity (Wildman–Crippen MR) is 131 cm³/mol. The van der Waals surface area contributed by atoms with E-state index in [1.807, 2.05) is 26.8 Å². The van der Waals surface area contributed by atoms with Crippen molar-refractivity contribution >= 4 is 23.9 Å². The highest BCUT2D eigenvalue weighted by Gasteiger charge is 2.31. The second kappa shape index (κ2) is 13.2. The number of piperidine rings is 1. The van der Waals surface area contributed by atoms with Crippen LogP contribution in [0.4, 0.5) is 4.79 Å². The van der Waals surface area contributed by atoms with Gasteiger partial charge in [0.1, 0.15) is 11.6 Å². The van der Waals surface area contributed by atoms with Gasteiger partial charge in [0, 0.05) is 39.0 Å². The van der Waals surface area contributed by atoms with Crippen molar-refractivity contribution in [3.8, 4) is 12.3 Å². The smallest absolute Gasteiger partial charge is 0.410 e. The highest BCUT2D eigenvalue weighted by atomic mass is 16.6. The predicted octanol–water partition coefficient (Wildman–Crippen LogP) is 2.64. The van der Waals surface area contributed by atoms with Gasteiger partial charge in [-0.1, -0.05) is 11.6 Å². The number of likely N-dealkylation sites (tertiary alicyclic amines) is 1. The third-order valence-corrected chi connectivity index (χ3v) is 5.97. The van der Waals surface area contributed by atoms with E-state index in [9.17, 15) is 19.2 Å². The van der Waals surface area contributed by atoms with Crippen LogP contribution < -0.4 is 5.32 Å². The lowest BCUT2D eigenvalue weighted by Gasteiger charge is -2.33. The first-order valence-electron chi connectivity index (χ1n) is 12.4. The van der Waals surface area contributed by atoms with Gasteiger partial charge in [0.2, 0.25) is 11.8 Å². The molecule has 2 aliphatic rings. The van der Waals surface area contributed by atoms with Crippen molar-refractivity contribution < 1.29 is 28.7 Å². The summed E-state index contributed by atoms with van der Waals surface area (Å²) in [6.07, 6.45) is 10.1. The van der Waals surface area contributed by atoms with Gasteiger partial charge in [0.15, 0.2) is 0 Å². The second-order valence-corrected chi connectivity index (χ2v) is 9.94. The Kier molecular flexibility index (Phi) is 10.6. The van der Waals surface area contributed by atoms with E-state index in [4.69, 9.17) is 15.9 Å². The lowest BCUT2D eigenvalue weighted by atomic mass is 9.95. The zero-order valence-electron chi connectivity index (χ0n) is 21.4. The number of carbonyl (C=O) groups excluding carboxylic acids is 4. The maximum atomic E-state index is 12.8. The van der Waals surface area contributed by atoms with Gasteiger partial charge >= 0.3 is 12.1 Å². The Morgan fingerprint density at radius 1 is 1.23 bits per heavy atom. The van der Waals surface area contributed by atoms with Crippen molar-refractivity contribution in [1.29, 1.82) is 0 Å². The Hall–Kier alpha value is -3.02. The summed E-state index contributed by atoms with van der Waals surface area (Å²) in [6.45, 7) is 9.39. The van der Waals surface area contributed by atoms with Gasteiger partial charge in [-0.3, -0.25) is 9.59 Å². The number of hydrogen-bond acceptors (Lipinski definition) is 6. The Labute approximate surface area is 208 Å². The highest BCUT2D eigenvalue weighted by molar-refractivity contribution is 5.86. The molecule has 0 aromatic carbocycles. The topological polar surface area (TPSA) is 105 Å². The van der Waals surface area contributed by atoms with Gasteiger partial charge < -0.3 is 24.6 Å². The number of esters is 1. The normalized spacial score (nSPS) is 19.2. The molecule has 0 unspecified atom stereocenters. The number of nitrogens with one attached hydrogen (secondary N) is 1. The summed E-state index contributed by atoms with van der Waals surface area (Å²) in [5.41, 5.74) is 0.619. The van der Waals surface area contributed by atoms with Crippen molar-refractivity contribution in [1.82, 2.24) is 15.1 Å². The molecule has 194 valence electrons. The van der Waals surface area contributed by atoms with Crippen LogP contribution >= 0.6 is 0 Å². The van der Waals surface area contributed by atoms with Gasteiger partial charge in [-0.15, -0.1) is 12.3 Å². The average molecular weight is 490 g/mol. The van der Waals surface area contributed by atoms with Crippen LogP contribution in [0.1, 0.15) is 66.2 Å². The third kappa shape index (κ3) is 9.27. The molecule has 1 N–H and O–H groups in total. The zero-order chi connectivity index (χ0) is 26.0. The number of terminal acetylenes is 1. The van der Waals surface area contributed by atoms with Crippen molar-refractivity contribution in [3.63, 3.8) is 0 Å². The summed E-state index contributed by atoms with van der Waals surface area (Å²) >= 11 is 0. The van der Waals surface area contributed by atoms with E-state index < -0.39 is 23.5 Å². The first-order valence-corrected chi connectivity index (χ1v) is 12.4. The van der Waals surface area contributed by atoms with Crippen LogP contribution in [0.2, 0.25) is 0 Å². The molecule has 2 aliphatic heterocycles. The van der Waals surface area contributed by atoms with Crippen molar-refractivity contribution in [2.24, 2.45) is 5.92 Å². The molecular weight excluding hydrogens is 450 g/mol. The van der Waals surface area contributed by atoms with Gasteiger partial charge in [0.25, 0.3) is 0 Å². The first kappa shape index (κ1) is 28.2. The second-order valence-electron chi connectivity index (χ2n) is 9.94. The van der Waals surface area contributed by atoms with Crippen molar-refractivity contribution in [2.75, 3.05) is 32.8 Å². The molecule has 2 heterocycles. The van der Waals surface area contributed by atoms with Crippen LogP contribution in [0.25, 0.3) is 0 Å². The quantitative estimate of drug-likeness (QED) is 0.319. The lowest BCUT2D eigenvalue weighted by molar-refractivity contribution is -0.148. The molecular formula is C26H39N3O6. The molecule has 2 rings (SSSR count). The Morgan fingerprint density at radius 3 is 2.57 bits per heavy atom. The summed E-state index contributed by atoms with van der Waals surface area (Å²) in [7, 11) is 0. The van der Waals surface area contributed by atoms with Gasteiger partial charge in [-0.25, -0.2) is 9.59 Å². The SMILES string of the molecule is C#CC[C@H](NC(=O)[C@@H]1CCCN(C(=O)CCC2=CCN(C(=O)OC(C)(C)C)CC2)C1)C(=O)OCC. The average Bonchev–Trinajstić information content (AvgIpc) is 2.81. The van der Waals surface area contributed by atoms with E-state index in [-0.39, 0.29) is 30.9 Å². The van der Waals surface area contributed by atoms with Gasteiger partial charge in [-0.05, 0) is 53.4 Å². The summed E-state index contributed by atoms with van der Waals surface area (Å²) < 4.78 is 10.4. The van der Waals surface area contributed by atoms with Crippen molar-refractivity contribution in [3.05, 3.63) is 11.6 Å². The number of hydrogen-bond donors (Lipinski definition) is 1. The molecule has 1 saturated heterocycles. The van der Waals surface area contributed by atoms with Crippen LogP contribution in [0, 0.1) is 18.3 Å². The van der Waals surface area contributed by atoms with Gasteiger partial charge in [-0.2, -0.15) is 0 Å². The largest absolute Gasteiger partial charge is 0.464 e. The standard InChI is InChI=1S/C26H39N3O6/c1-6-9-21(24(32)34-7-2)27-23(31)20-10-8-15-29(18-20)22(30)12-11-19-13-16-28(17-14-19)25(33)35-26(3,4)5/h1,13,20-21H,7-12,14-18H2,2-5H3,(H,27,31)/t20-,21+/m1/s1. The fourth-order valence-electron chi connectivity index (χ4n) is 4.12. The van der Waals surface area contributed by atoms with E-state index in [0.29, 0.717) is 51.9 Å². The van der Waals surface area contributed by atoms with Crippen molar-refractivity contribution in [2.45, 2.75) is 77.9 Å². The zero-order valence-corrected chi connectivity index (χ0v) is 21.4.